The third-order valence-corrected chi connectivity index (χ3v) is 3.05. The van der Waals surface area contributed by atoms with Crippen molar-refractivity contribution in [2.75, 3.05) is 0 Å². The smallest absolute Gasteiger partial charge is 0.235 e. The van der Waals surface area contributed by atoms with Gasteiger partial charge >= 0.3 is 0 Å². The van der Waals surface area contributed by atoms with Crippen molar-refractivity contribution in [1.82, 2.24) is 19.6 Å². The molecule has 102 valence electrons. The lowest BCUT2D eigenvalue weighted by Crippen LogP contribution is -2.00. The minimum Gasteiger partial charge on any atom is -0.235 e. The molecule has 0 fully saturated rings. The molecular weight excluding hydrogens is 309 g/mol. The Morgan fingerprint density at radius 1 is 1.10 bits per heavy atom. The highest BCUT2D eigenvalue weighted by atomic mass is 35.5. The Morgan fingerprint density at radius 2 is 1.80 bits per heavy atom. The number of halogens is 4. The molecule has 0 atom stereocenters. The van der Waals surface area contributed by atoms with Gasteiger partial charge in [-0.3, -0.25) is 0 Å². The van der Waals surface area contributed by atoms with Crippen molar-refractivity contribution in [2.24, 2.45) is 0 Å². The fraction of sp³-hybridized carbons (Fsp3) is 0.0833. The van der Waals surface area contributed by atoms with Gasteiger partial charge in [0.15, 0.2) is 5.65 Å². The van der Waals surface area contributed by atoms with Crippen molar-refractivity contribution in [1.29, 1.82) is 0 Å². The van der Waals surface area contributed by atoms with E-state index in [0.29, 0.717) is 16.9 Å². The molecule has 0 bridgehead atoms. The normalized spacial score (nSPS) is 11.4. The molecule has 3 aromatic rings. The van der Waals surface area contributed by atoms with E-state index >= 15 is 0 Å². The number of fused-ring (bicyclic) bond motifs is 1. The highest BCUT2D eigenvalue weighted by Gasteiger charge is 2.14. The highest BCUT2D eigenvalue weighted by molar-refractivity contribution is 6.32. The first-order valence-corrected chi connectivity index (χ1v) is 6.26. The molecule has 3 heterocycles. The third-order valence-electron chi connectivity index (χ3n) is 2.67. The standard InChI is InChI=1S/C12H6Cl2F2N4/c13-9-3-6(4-10(14)18-9)8-5-17-11-2-1-7(12(15)16)19-20(8)11/h1-5,12H. The van der Waals surface area contributed by atoms with E-state index in [1.807, 2.05) is 0 Å². The summed E-state index contributed by atoms with van der Waals surface area (Å²) in [6.07, 6.45) is -1.14. The summed E-state index contributed by atoms with van der Waals surface area (Å²) in [6, 6.07) is 5.84. The lowest BCUT2D eigenvalue weighted by atomic mass is 10.2. The van der Waals surface area contributed by atoms with Crippen LogP contribution in [0.2, 0.25) is 10.3 Å². The zero-order valence-electron chi connectivity index (χ0n) is 9.76. The fourth-order valence-electron chi connectivity index (χ4n) is 1.81. The van der Waals surface area contributed by atoms with Gasteiger partial charge < -0.3 is 0 Å². The maximum Gasteiger partial charge on any atom is 0.282 e. The second kappa shape index (κ2) is 4.96. The SMILES string of the molecule is FC(F)c1ccc2ncc(-c3cc(Cl)nc(Cl)c3)n2n1. The van der Waals surface area contributed by atoms with E-state index in [2.05, 4.69) is 15.1 Å². The van der Waals surface area contributed by atoms with Crippen LogP contribution in [0.4, 0.5) is 8.78 Å². The molecule has 3 aromatic heterocycles. The summed E-state index contributed by atoms with van der Waals surface area (Å²) < 4.78 is 26.8. The molecule has 0 unspecified atom stereocenters. The first-order valence-electron chi connectivity index (χ1n) is 5.51. The Hall–Kier alpha value is -1.79. The fourth-order valence-corrected chi connectivity index (χ4v) is 2.27. The van der Waals surface area contributed by atoms with Crippen molar-refractivity contribution < 1.29 is 8.78 Å². The summed E-state index contributed by atoms with van der Waals surface area (Å²) in [5, 5.41) is 4.27. The summed E-state index contributed by atoms with van der Waals surface area (Å²) in [5.41, 5.74) is 1.23. The molecule has 20 heavy (non-hydrogen) atoms. The Kier molecular flexibility index (Phi) is 3.27. The zero-order chi connectivity index (χ0) is 14.3. The second-order valence-corrected chi connectivity index (χ2v) is 4.75. The maximum atomic E-state index is 12.7. The zero-order valence-corrected chi connectivity index (χ0v) is 11.3. The van der Waals surface area contributed by atoms with E-state index in [9.17, 15) is 8.78 Å². The van der Waals surface area contributed by atoms with Crippen LogP contribution in [-0.2, 0) is 0 Å². The largest absolute Gasteiger partial charge is 0.282 e. The third kappa shape index (κ3) is 2.32. The molecule has 0 spiro atoms. The lowest BCUT2D eigenvalue weighted by molar-refractivity contribution is 0.144. The van der Waals surface area contributed by atoms with Gasteiger partial charge in [-0.1, -0.05) is 23.2 Å². The van der Waals surface area contributed by atoms with E-state index in [4.69, 9.17) is 23.2 Å². The van der Waals surface area contributed by atoms with Crippen LogP contribution in [-0.4, -0.2) is 19.6 Å². The van der Waals surface area contributed by atoms with Crippen LogP contribution in [0.1, 0.15) is 12.1 Å². The first kappa shape index (κ1) is 13.2. The van der Waals surface area contributed by atoms with Crippen molar-refractivity contribution in [3.8, 4) is 11.3 Å². The van der Waals surface area contributed by atoms with Crippen LogP contribution in [0.25, 0.3) is 16.9 Å². The maximum absolute atomic E-state index is 12.7. The minimum absolute atomic E-state index is 0.201. The van der Waals surface area contributed by atoms with Crippen molar-refractivity contribution in [3.63, 3.8) is 0 Å². The highest BCUT2D eigenvalue weighted by Crippen LogP contribution is 2.26. The average molecular weight is 315 g/mol. The number of hydrogen-bond acceptors (Lipinski definition) is 3. The van der Waals surface area contributed by atoms with Gasteiger partial charge in [-0.25, -0.2) is 23.3 Å². The number of pyridine rings is 1. The van der Waals surface area contributed by atoms with Crippen LogP contribution in [0.3, 0.4) is 0 Å². The van der Waals surface area contributed by atoms with Crippen molar-refractivity contribution in [3.05, 3.63) is 46.5 Å². The van der Waals surface area contributed by atoms with Gasteiger partial charge in [0.2, 0.25) is 0 Å². The van der Waals surface area contributed by atoms with E-state index in [0.717, 1.165) is 0 Å². The molecule has 8 heteroatoms. The first-order chi connectivity index (χ1) is 9.54. The predicted molar refractivity (Wildman–Crippen MR) is 71.2 cm³/mol. The van der Waals surface area contributed by atoms with Crippen molar-refractivity contribution >= 4 is 28.8 Å². The van der Waals surface area contributed by atoms with Gasteiger partial charge in [0, 0.05) is 5.56 Å². The van der Waals surface area contributed by atoms with E-state index in [1.165, 1.54) is 22.8 Å². The summed E-state index contributed by atoms with van der Waals surface area (Å²) >= 11 is 11.7. The van der Waals surface area contributed by atoms with Gasteiger partial charge in [-0.05, 0) is 24.3 Å². The van der Waals surface area contributed by atoms with Gasteiger partial charge in [0.25, 0.3) is 6.43 Å². The van der Waals surface area contributed by atoms with E-state index in [1.54, 1.807) is 12.1 Å². The molecule has 0 aliphatic heterocycles. The number of rotatable bonds is 2. The van der Waals surface area contributed by atoms with Gasteiger partial charge in [-0.15, -0.1) is 0 Å². The van der Waals surface area contributed by atoms with Crippen LogP contribution < -0.4 is 0 Å². The molecule has 0 radical (unpaired) electrons. The average Bonchev–Trinajstić information content (AvgIpc) is 2.80. The number of hydrogen-bond donors (Lipinski definition) is 0. The molecule has 0 amide bonds. The number of alkyl halides is 2. The lowest BCUT2D eigenvalue weighted by Gasteiger charge is -2.04. The van der Waals surface area contributed by atoms with Crippen LogP contribution in [0.15, 0.2) is 30.5 Å². The van der Waals surface area contributed by atoms with Gasteiger partial charge in [0.1, 0.15) is 16.0 Å². The summed E-state index contributed by atoms with van der Waals surface area (Å²) in [4.78, 5) is 7.93. The number of nitrogens with zero attached hydrogens (tertiary/aromatic N) is 4. The van der Waals surface area contributed by atoms with Crippen LogP contribution in [0.5, 0.6) is 0 Å². The molecule has 0 aliphatic rings. The number of imidazole rings is 1. The van der Waals surface area contributed by atoms with Crippen LogP contribution in [0, 0.1) is 0 Å². The van der Waals surface area contributed by atoms with Gasteiger partial charge in [0.05, 0.1) is 11.9 Å². The van der Waals surface area contributed by atoms with Gasteiger partial charge in [-0.2, -0.15) is 5.10 Å². The molecule has 4 nitrogen and oxygen atoms in total. The number of aromatic nitrogens is 4. The predicted octanol–water partition coefficient (Wildman–Crippen LogP) is 4.04. The molecule has 0 saturated carbocycles. The summed E-state index contributed by atoms with van der Waals surface area (Å²) in [5.74, 6) is 0. The minimum atomic E-state index is -2.65. The molecule has 0 aliphatic carbocycles. The Morgan fingerprint density at radius 3 is 2.45 bits per heavy atom. The second-order valence-electron chi connectivity index (χ2n) is 3.97. The molecule has 3 rings (SSSR count). The summed E-state index contributed by atoms with van der Waals surface area (Å²) in [7, 11) is 0. The Labute approximate surface area is 122 Å². The molecular formula is C12H6Cl2F2N4. The Bertz CT molecular complexity index is 768. The van der Waals surface area contributed by atoms with E-state index in [-0.39, 0.29) is 16.0 Å². The summed E-state index contributed by atoms with van der Waals surface area (Å²) in [6.45, 7) is 0. The Balaban J connectivity index is 2.22. The van der Waals surface area contributed by atoms with E-state index < -0.39 is 6.43 Å². The van der Waals surface area contributed by atoms with Crippen molar-refractivity contribution in [2.45, 2.75) is 6.43 Å². The molecule has 0 aromatic carbocycles. The van der Waals surface area contributed by atoms with Crippen LogP contribution >= 0.6 is 23.2 Å². The molecule has 0 N–H and O–H groups in total. The monoisotopic (exact) mass is 314 g/mol. The molecule has 0 saturated heterocycles. The quantitative estimate of drug-likeness (QED) is 0.670. The topological polar surface area (TPSA) is 43.1 Å².